The van der Waals surface area contributed by atoms with Crippen LogP contribution in [0.3, 0.4) is 0 Å². The molecule has 2 bridgehead atoms. The predicted octanol–water partition coefficient (Wildman–Crippen LogP) is 1.57. The summed E-state index contributed by atoms with van der Waals surface area (Å²) in [4.78, 5) is 22.0. The monoisotopic (exact) mass is 446 g/mol. The third kappa shape index (κ3) is 4.80. The van der Waals surface area contributed by atoms with E-state index in [1.807, 2.05) is 4.90 Å². The van der Waals surface area contributed by atoms with Gasteiger partial charge in [0.25, 0.3) is 5.91 Å². The number of carbonyl (C=O) groups is 1. The fourth-order valence-corrected chi connectivity index (χ4v) is 5.31. The molecular formula is C20H32Cl2N4O3. The number of hydrogen-bond acceptors (Lipinski definition) is 6. The lowest BCUT2D eigenvalue weighted by Gasteiger charge is -2.56. The maximum Gasteiger partial charge on any atom is 0.276 e. The molecule has 0 unspecified atom stereocenters. The van der Waals surface area contributed by atoms with Gasteiger partial charge in [0, 0.05) is 37.9 Å². The number of ether oxygens (including phenoxy) is 1. The Hall–Kier alpha value is -1.12. The molecule has 7 nitrogen and oxygen atoms in total. The number of fused-ring (bicyclic) bond motifs is 4. The van der Waals surface area contributed by atoms with Gasteiger partial charge in [0.2, 0.25) is 0 Å². The van der Waals surface area contributed by atoms with Crippen LogP contribution in [0, 0.1) is 11.8 Å². The van der Waals surface area contributed by atoms with Gasteiger partial charge in [0.05, 0.1) is 6.61 Å². The highest BCUT2D eigenvalue weighted by Gasteiger charge is 2.47. The second kappa shape index (κ2) is 10.8. The van der Waals surface area contributed by atoms with Gasteiger partial charge < -0.3 is 20.5 Å². The highest BCUT2D eigenvalue weighted by molar-refractivity contribution is 5.95. The Labute approximate surface area is 184 Å². The molecule has 3 N–H and O–H groups in total. The third-order valence-electron chi connectivity index (χ3n) is 6.44. The summed E-state index contributed by atoms with van der Waals surface area (Å²) in [6.07, 6.45) is 6.36. The summed E-state index contributed by atoms with van der Waals surface area (Å²) in [6.45, 7) is 3.45. The molecule has 29 heavy (non-hydrogen) atoms. The van der Waals surface area contributed by atoms with E-state index in [-0.39, 0.29) is 43.4 Å². The number of pyridine rings is 1. The number of halogens is 2. The Morgan fingerprint density at radius 3 is 2.83 bits per heavy atom. The van der Waals surface area contributed by atoms with Crippen molar-refractivity contribution in [3.63, 3.8) is 0 Å². The molecule has 3 aliphatic rings. The zero-order valence-corrected chi connectivity index (χ0v) is 18.2. The Kier molecular flexibility index (Phi) is 8.97. The number of amides is 1. The van der Waals surface area contributed by atoms with Crippen molar-refractivity contribution in [2.45, 2.75) is 37.8 Å². The summed E-state index contributed by atoms with van der Waals surface area (Å²) in [5, 5.41) is 10.0. The molecule has 1 aromatic rings. The quantitative estimate of drug-likeness (QED) is 0.712. The van der Waals surface area contributed by atoms with E-state index in [0.717, 1.165) is 19.5 Å². The lowest BCUT2D eigenvalue weighted by Crippen LogP contribution is -2.65. The lowest BCUT2D eigenvalue weighted by molar-refractivity contribution is -0.0796. The van der Waals surface area contributed by atoms with Gasteiger partial charge in [0.15, 0.2) is 11.4 Å². The fourth-order valence-electron chi connectivity index (χ4n) is 5.31. The SMILES string of the molecule is Cl.Cl.NCCOc1cccnc1C(=O)N1C[C@H]2C[C@@H](C1)[C@H](CO)N1CCCC[C@@H]21. The minimum Gasteiger partial charge on any atom is -0.490 e. The smallest absolute Gasteiger partial charge is 0.276 e. The van der Waals surface area contributed by atoms with E-state index >= 15 is 0 Å². The number of carbonyl (C=O) groups excluding carboxylic acids is 1. The molecule has 0 spiro atoms. The minimum atomic E-state index is -0.0710. The molecule has 164 valence electrons. The molecule has 3 aliphatic heterocycles. The Bertz CT molecular complexity index is 667. The van der Waals surface area contributed by atoms with Crippen LogP contribution in [-0.2, 0) is 0 Å². The number of likely N-dealkylation sites (tertiary alicyclic amines) is 1. The maximum absolute atomic E-state index is 13.2. The Balaban J connectivity index is 0.00000150. The van der Waals surface area contributed by atoms with Crippen LogP contribution < -0.4 is 10.5 Å². The molecular weight excluding hydrogens is 415 g/mol. The molecule has 0 aliphatic carbocycles. The van der Waals surface area contributed by atoms with Crippen LogP contribution in [0.1, 0.15) is 36.2 Å². The summed E-state index contributed by atoms with van der Waals surface area (Å²) in [5.41, 5.74) is 5.90. The van der Waals surface area contributed by atoms with E-state index in [2.05, 4.69) is 9.88 Å². The lowest BCUT2D eigenvalue weighted by atomic mass is 9.72. The first-order chi connectivity index (χ1) is 13.2. The molecule has 0 saturated carbocycles. The topological polar surface area (TPSA) is 91.9 Å². The van der Waals surface area contributed by atoms with Crippen molar-refractivity contribution in [2.24, 2.45) is 17.6 Å². The third-order valence-corrected chi connectivity index (χ3v) is 6.44. The number of piperidine rings is 3. The van der Waals surface area contributed by atoms with E-state index in [0.29, 0.717) is 49.0 Å². The summed E-state index contributed by atoms with van der Waals surface area (Å²) in [7, 11) is 0. The maximum atomic E-state index is 13.2. The largest absolute Gasteiger partial charge is 0.490 e. The highest BCUT2D eigenvalue weighted by Crippen LogP contribution is 2.41. The van der Waals surface area contributed by atoms with Crippen molar-refractivity contribution >= 4 is 30.7 Å². The van der Waals surface area contributed by atoms with Crippen LogP contribution in [0.2, 0.25) is 0 Å². The fraction of sp³-hybridized carbons (Fsp3) is 0.700. The number of rotatable bonds is 5. The average Bonchev–Trinajstić information content (AvgIpc) is 2.72. The van der Waals surface area contributed by atoms with Crippen molar-refractivity contribution in [1.82, 2.24) is 14.8 Å². The van der Waals surface area contributed by atoms with Crippen molar-refractivity contribution in [2.75, 3.05) is 39.4 Å². The van der Waals surface area contributed by atoms with Gasteiger partial charge >= 0.3 is 0 Å². The van der Waals surface area contributed by atoms with Crippen molar-refractivity contribution in [1.29, 1.82) is 0 Å². The van der Waals surface area contributed by atoms with E-state index in [9.17, 15) is 9.90 Å². The molecule has 3 fully saturated rings. The first-order valence-corrected chi connectivity index (χ1v) is 10.2. The number of aromatic nitrogens is 1. The Morgan fingerprint density at radius 2 is 2.07 bits per heavy atom. The van der Waals surface area contributed by atoms with Crippen LogP contribution in [0.15, 0.2) is 18.3 Å². The summed E-state index contributed by atoms with van der Waals surface area (Å²) in [5.74, 6) is 1.23. The first kappa shape index (κ1) is 24.2. The van der Waals surface area contributed by atoms with Crippen LogP contribution in [0.5, 0.6) is 5.75 Å². The standard InChI is InChI=1S/C20H30N4O3.2ClH/c21-6-9-27-18-5-3-7-22-19(18)20(26)23-11-14-10-15(12-23)17(13-25)24-8-2-1-4-16(14)24;;/h3,5,7,14-17,25H,1-2,4,6,8-13,21H2;2*1H/t14-,15+,16+,17+;;/m1../s1. The van der Waals surface area contributed by atoms with Gasteiger partial charge in [-0.3, -0.25) is 9.69 Å². The van der Waals surface area contributed by atoms with E-state index in [4.69, 9.17) is 10.5 Å². The molecule has 4 rings (SSSR count). The minimum absolute atomic E-state index is 0. The molecule has 9 heteroatoms. The van der Waals surface area contributed by atoms with Crippen LogP contribution >= 0.6 is 24.8 Å². The molecule has 0 radical (unpaired) electrons. The van der Waals surface area contributed by atoms with Crippen molar-refractivity contribution < 1.29 is 14.6 Å². The van der Waals surface area contributed by atoms with Crippen LogP contribution in [0.25, 0.3) is 0 Å². The highest BCUT2D eigenvalue weighted by atomic mass is 35.5. The van der Waals surface area contributed by atoms with Gasteiger partial charge in [-0.2, -0.15) is 0 Å². The van der Waals surface area contributed by atoms with E-state index in [1.54, 1.807) is 18.3 Å². The normalized spacial score (nSPS) is 28.6. The van der Waals surface area contributed by atoms with Crippen molar-refractivity contribution in [3.8, 4) is 5.75 Å². The molecule has 4 heterocycles. The van der Waals surface area contributed by atoms with Crippen LogP contribution in [0.4, 0.5) is 0 Å². The van der Waals surface area contributed by atoms with Gasteiger partial charge in [-0.05, 0) is 49.8 Å². The molecule has 1 aromatic heterocycles. The molecule has 3 saturated heterocycles. The first-order valence-electron chi connectivity index (χ1n) is 10.2. The second-order valence-corrected chi connectivity index (χ2v) is 8.00. The molecule has 1 amide bonds. The number of hydrogen-bond donors (Lipinski definition) is 2. The Morgan fingerprint density at radius 1 is 1.28 bits per heavy atom. The van der Waals surface area contributed by atoms with Gasteiger partial charge in [-0.15, -0.1) is 24.8 Å². The molecule has 0 aromatic carbocycles. The molecule has 4 atom stereocenters. The van der Waals surface area contributed by atoms with Gasteiger partial charge in [-0.25, -0.2) is 4.98 Å². The summed E-state index contributed by atoms with van der Waals surface area (Å²) in [6, 6.07) is 4.20. The second-order valence-electron chi connectivity index (χ2n) is 8.00. The van der Waals surface area contributed by atoms with Gasteiger partial charge in [0.1, 0.15) is 6.61 Å². The van der Waals surface area contributed by atoms with E-state index in [1.165, 1.54) is 19.3 Å². The number of nitrogens with zero attached hydrogens (tertiary/aromatic N) is 3. The average molecular weight is 447 g/mol. The van der Waals surface area contributed by atoms with Crippen molar-refractivity contribution in [3.05, 3.63) is 24.0 Å². The van der Waals surface area contributed by atoms with E-state index < -0.39 is 0 Å². The number of aliphatic hydroxyl groups is 1. The predicted molar refractivity (Wildman–Crippen MR) is 116 cm³/mol. The number of nitrogens with two attached hydrogens (primary N) is 1. The summed E-state index contributed by atoms with van der Waals surface area (Å²) < 4.78 is 5.64. The zero-order chi connectivity index (χ0) is 18.8. The number of aliphatic hydroxyl groups excluding tert-OH is 1. The zero-order valence-electron chi connectivity index (χ0n) is 16.6. The summed E-state index contributed by atoms with van der Waals surface area (Å²) >= 11 is 0. The van der Waals surface area contributed by atoms with Gasteiger partial charge in [-0.1, -0.05) is 6.42 Å². The van der Waals surface area contributed by atoms with Crippen LogP contribution in [-0.4, -0.2) is 77.3 Å².